The van der Waals surface area contributed by atoms with E-state index in [1.807, 2.05) is 19.1 Å². The molecule has 0 saturated heterocycles. The number of carbonyl (C=O) groups is 2. The fraction of sp³-hybridized carbons (Fsp3) is 0.364. The number of ether oxygens (including phenoxy) is 1. The highest BCUT2D eigenvalue weighted by Crippen LogP contribution is 2.22. The van der Waals surface area contributed by atoms with E-state index in [1.54, 1.807) is 24.1 Å². The first-order valence-corrected chi connectivity index (χ1v) is 9.35. The van der Waals surface area contributed by atoms with Crippen molar-refractivity contribution < 1.29 is 14.3 Å². The van der Waals surface area contributed by atoms with Gasteiger partial charge >= 0.3 is 0 Å². The topological polar surface area (TPSA) is 58.6 Å². The van der Waals surface area contributed by atoms with E-state index in [9.17, 15) is 9.59 Å². The van der Waals surface area contributed by atoms with E-state index in [1.165, 1.54) is 5.56 Å². The van der Waals surface area contributed by atoms with Crippen molar-refractivity contribution in [1.82, 2.24) is 4.90 Å². The molecule has 1 N–H and O–H groups in total. The van der Waals surface area contributed by atoms with Gasteiger partial charge in [0.05, 0.1) is 19.3 Å². The van der Waals surface area contributed by atoms with Crippen molar-refractivity contribution in [2.24, 2.45) is 0 Å². The van der Waals surface area contributed by atoms with Crippen LogP contribution in [0.3, 0.4) is 0 Å². The fourth-order valence-electron chi connectivity index (χ4n) is 2.84. The predicted molar refractivity (Wildman–Crippen MR) is 108 cm³/mol. The van der Waals surface area contributed by atoms with Gasteiger partial charge in [0.25, 0.3) is 0 Å². The summed E-state index contributed by atoms with van der Waals surface area (Å²) < 4.78 is 5.23. The zero-order valence-electron chi connectivity index (χ0n) is 16.3. The highest BCUT2D eigenvalue weighted by Gasteiger charge is 2.16. The third-order valence-corrected chi connectivity index (χ3v) is 4.51. The maximum atomic E-state index is 12.5. The van der Waals surface area contributed by atoms with Crippen molar-refractivity contribution >= 4 is 17.5 Å². The lowest BCUT2D eigenvalue weighted by molar-refractivity contribution is -0.134. The van der Waals surface area contributed by atoms with Gasteiger partial charge in [-0.05, 0) is 43.0 Å². The Balaban J connectivity index is 1.88. The molecular formula is C22H28N2O3. The molecule has 0 heterocycles. The maximum absolute atomic E-state index is 12.5. The third-order valence-electron chi connectivity index (χ3n) is 4.51. The summed E-state index contributed by atoms with van der Waals surface area (Å²) in [5, 5.41) is 2.81. The number of nitrogens with zero attached hydrogens (tertiary/aromatic N) is 1. The maximum Gasteiger partial charge on any atom is 0.244 e. The Hall–Kier alpha value is -2.82. The van der Waals surface area contributed by atoms with Crippen molar-refractivity contribution in [2.45, 2.75) is 33.1 Å². The Morgan fingerprint density at radius 3 is 2.30 bits per heavy atom. The van der Waals surface area contributed by atoms with Crippen LogP contribution in [0.4, 0.5) is 5.69 Å². The SMILES string of the molecule is CCc1ccc(CCC(=O)N(CC)CC(=O)Nc2ccccc2OC)cc1. The zero-order valence-corrected chi connectivity index (χ0v) is 16.3. The lowest BCUT2D eigenvalue weighted by atomic mass is 10.1. The number of anilines is 1. The van der Waals surface area contributed by atoms with Gasteiger partial charge in [-0.25, -0.2) is 0 Å². The van der Waals surface area contributed by atoms with Gasteiger partial charge in [0, 0.05) is 13.0 Å². The molecule has 0 aliphatic heterocycles. The Labute approximate surface area is 161 Å². The highest BCUT2D eigenvalue weighted by atomic mass is 16.5. The van der Waals surface area contributed by atoms with Crippen molar-refractivity contribution in [3.05, 3.63) is 59.7 Å². The quantitative estimate of drug-likeness (QED) is 0.735. The smallest absolute Gasteiger partial charge is 0.244 e. The number of hydrogen-bond acceptors (Lipinski definition) is 3. The van der Waals surface area contributed by atoms with Crippen molar-refractivity contribution in [3.8, 4) is 5.75 Å². The molecule has 5 heteroatoms. The molecule has 2 aromatic rings. The molecule has 0 aliphatic rings. The number of hydrogen-bond donors (Lipinski definition) is 1. The second-order valence-electron chi connectivity index (χ2n) is 6.33. The summed E-state index contributed by atoms with van der Waals surface area (Å²) in [5.41, 5.74) is 3.02. The third kappa shape index (κ3) is 6.13. The van der Waals surface area contributed by atoms with E-state index in [2.05, 4.69) is 36.5 Å². The lowest BCUT2D eigenvalue weighted by Crippen LogP contribution is -2.38. The molecule has 27 heavy (non-hydrogen) atoms. The van der Waals surface area contributed by atoms with Crippen LogP contribution in [0.1, 0.15) is 31.4 Å². The minimum Gasteiger partial charge on any atom is -0.495 e. The van der Waals surface area contributed by atoms with E-state index in [4.69, 9.17) is 4.74 Å². The molecule has 0 aliphatic carbocycles. The zero-order chi connectivity index (χ0) is 19.6. The highest BCUT2D eigenvalue weighted by molar-refractivity contribution is 5.95. The number of carbonyl (C=O) groups excluding carboxylic acids is 2. The van der Waals surface area contributed by atoms with Gasteiger partial charge in [-0.3, -0.25) is 9.59 Å². The first kappa shape index (κ1) is 20.5. The van der Waals surface area contributed by atoms with Crippen LogP contribution < -0.4 is 10.1 Å². The molecule has 0 spiro atoms. The van der Waals surface area contributed by atoms with Gasteiger partial charge in [-0.1, -0.05) is 43.3 Å². The van der Waals surface area contributed by atoms with E-state index >= 15 is 0 Å². The van der Waals surface area contributed by atoms with Crippen molar-refractivity contribution in [2.75, 3.05) is 25.5 Å². The Bertz CT molecular complexity index is 756. The van der Waals surface area contributed by atoms with Crippen LogP contribution in [-0.4, -0.2) is 36.9 Å². The summed E-state index contributed by atoms with van der Waals surface area (Å²) in [4.78, 5) is 26.4. The number of aryl methyl sites for hydroxylation is 2. The molecule has 0 saturated carbocycles. The molecule has 0 atom stereocenters. The minimum atomic E-state index is -0.234. The monoisotopic (exact) mass is 368 g/mol. The first-order valence-electron chi connectivity index (χ1n) is 9.35. The van der Waals surface area contributed by atoms with Crippen molar-refractivity contribution in [3.63, 3.8) is 0 Å². The molecule has 0 bridgehead atoms. The standard InChI is InChI=1S/C22H28N2O3/c1-4-17-10-12-18(13-11-17)14-15-22(26)24(5-2)16-21(25)23-19-8-6-7-9-20(19)27-3/h6-13H,4-5,14-16H2,1-3H3,(H,23,25). The number of para-hydroxylation sites is 2. The largest absolute Gasteiger partial charge is 0.495 e. The molecule has 144 valence electrons. The first-order chi connectivity index (χ1) is 13.1. The number of nitrogens with one attached hydrogen (secondary N) is 1. The Kier molecular flexibility index (Phi) is 7.86. The van der Waals surface area contributed by atoms with Crippen LogP contribution >= 0.6 is 0 Å². The number of likely N-dealkylation sites (N-methyl/N-ethyl adjacent to an activating group) is 1. The van der Waals surface area contributed by atoms with E-state index in [-0.39, 0.29) is 18.4 Å². The van der Waals surface area contributed by atoms with E-state index < -0.39 is 0 Å². The molecule has 0 fully saturated rings. The average Bonchev–Trinajstić information content (AvgIpc) is 2.71. The second-order valence-corrected chi connectivity index (χ2v) is 6.33. The number of methoxy groups -OCH3 is 1. The summed E-state index contributed by atoms with van der Waals surface area (Å²) in [7, 11) is 1.56. The molecular weight excluding hydrogens is 340 g/mol. The number of rotatable bonds is 9. The molecule has 2 aromatic carbocycles. The molecule has 5 nitrogen and oxygen atoms in total. The van der Waals surface area contributed by atoms with Crippen LogP contribution in [-0.2, 0) is 22.4 Å². The summed E-state index contributed by atoms with van der Waals surface area (Å²) in [6, 6.07) is 15.5. The van der Waals surface area contributed by atoms with Gasteiger partial charge in [-0.15, -0.1) is 0 Å². The summed E-state index contributed by atoms with van der Waals surface area (Å²) in [6.45, 7) is 4.52. The van der Waals surface area contributed by atoms with Gasteiger partial charge in [0.1, 0.15) is 5.75 Å². The minimum absolute atomic E-state index is 0.0211. The molecule has 0 radical (unpaired) electrons. The van der Waals surface area contributed by atoms with Crippen LogP contribution in [0, 0.1) is 0 Å². The molecule has 2 rings (SSSR count). The Morgan fingerprint density at radius 1 is 1.00 bits per heavy atom. The normalized spacial score (nSPS) is 10.3. The van der Waals surface area contributed by atoms with Gasteiger partial charge in [0.15, 0.2) is 0 Å². The lowest BCUT2D eigenvalue weighted by Gasteiger charge is -2.21. The van der Waals surface area contributed by atoms with Gasteiger partial charge < -0.3 is 15.0 Å². The van der Waals surface area contributed by atoms with E-state index in [0.29, 0.717) is 30.8 Å². The average molecular weight is 368 g/mol. The summed E-state index contributed by atoms with van der Waals surface area (Å²) >= 11 is 0. The van der Waals surface area contributed by atoms with Crippen molar-refractivity contribution in [1.29, 1.82) is 0 Å². The van der Waals surface area contributed by atoms with E-state index in [0.717, 1.165) is 12.0 Å². The summed E-state index contributed by atoms with van der Waals surface area (Å²) in [5.74, 6) is 0.338. The molecule has 2 amide bonds. The number of benzene rings is 2. The van der Waals surface area contributed by atoms with Crippen LogP contribution in [0.15, 0.2) is 48.5 Å². The molecule has 0 unspecified atom stereocenters. The summed E-state index contributed by atoms with van der Waals surface area (Å²) in [6.07, 6.45) is 2.07. The predicted octanol–water partition coefficient (Wildman–Crippen LogP) is 3.68. The fourth-order valence-corrected chi connectivity index (χ4v) is 2.84. The number of amides is 2. The molecule has 0 aromatic heterocycles. The van der Waals surface area contributed by atoms with Crippen LogP contribution in [0.5, 0.6) is 5.75 Å². The second kappa shape index (κ2) is 10.4. The van der Waals surface area contributed by atoms with Crippen LogP contribution in [0.25, 0.3) is 0 Å². The Morgan fingerprint density at radius 2 is 1.67 bits per heavy atom. The van der Waals surface area contributed by atoms with Gasteiger partial charge in [0.2, 0.25) is 11.8 Å². The van der Waals surface area contributed by atoms with Crippen LogP contribution in [0.2, 0.25) is 0 Å². The van der Waals surface area contributed by atoms with Gasteiger partial charge in [-0.2, -0.15) is 0 Å².